The van der Waals surface area contributed by atoms with Crippen LogP contribution in [0.4, 0.5) is 0 Å². The van der Waals surface area contributed by atoms with Gasteiger partial charge in [0.2, 0.25) is 0 Å². The average molecular weight is 401 g/mol. The Kier molecular flexibility index (Phi) is 2.20. The molecule has 0 amide bonds. The zero-order valence-electron chi connectivity index (χ0n) is 6.67. The van der Waals surface area contributed by atoms with Crippen LogP contribution in [0, 0.1) is 0 Å². The number of alkyl halides is 1. The summed E-state index contributed by atoms with van der Waals surface area (Å²) in [5.74, 6) is 1.83. The molecule has 1 aromatic carbocycles. The molecule has 3 rings (SSSR count). The summed E-state index contributed by atoms with van der Waals surface area (Å²) in [6.45, 7) is 0.384. The van der Waals surface area contributed by atoms with E-state index in [2.05, 4.69) is 16.1 Å². The summed E-state index contributed by atoms with van der Waals surface area (Å²) in [6, 6.07) is 6.36. The van der Waals surface area contributed by atoms with E-state index in [9.17, 15) is 0 Å². The van der Waals surface area contributed by atoms with Gasteiger partial charge in [-0.3, -0.25) is 0 Å². The Labute approximate surface area is 92.7 Å². The van der Waals surface area contributed by atoms with Crippen LogP contribution in [0.2, 0.25) is 0 Å². The molecule has 0 saturated heterocycles. The maximum absolute atomic E-state index is 5.34. The van der Waals surface area contributed by atoms with E-state index in [1.807, 2.05) is 6.07 Å². The van der Waals surface area contributed by atoms with Gasteiger partial charge >= 0.3 is 93.5 Å². The molecule has 0 spiro atoms. The molecular weight excluding hydrogens is 394 g/mol. The fraction of sp³-hybridized carbons (Fsp3) is 0.222. The second-order valence-corrected chi connectivity index (χ2v) is 12.1. The van der Waals surface area contributed by atoms with Gasteiger partial charge in [0, 0.05) is 0 Å². The summed E-state index contributed by atoms with van der Waals surface area (Å²) in [5, 5.41) is 0. The maximum atomic E-state index is 5.34. The zero-order chi connectivity index (χ0) is 8.67. The van der Waals surface area contributed by atoms with Crippen LogP contribution >= 0.6 is 16.8 Å². The minimum atomic E-state index is 0.384. The molecule has 0 bridgehead atoms. The Morgan fingerprint density at radius 2 is 2.15 bits per heavy atom. The first-order chi connectivity index (χ1) is 6.43. The predicted molar refractivity (Wildman–Crippen MR) is 55.4 cm³/mol. The van der Waals surface area contributed by atoms with Gasteiger partial charge in [-0.1, -0.05) is 0 Å². The van der Waals surface area contributed by atoms with Crippen molar-refractivity contribution in [3.63, 3.8) is 0 Å². The topological polar surface area (TPSA) is 18.5 Å². The monoisotopic (exact) mass is 401 g/mol. The van der Waals surface area contributed by atoms with E-state index < -0.39 is 0 Å². The van der Waals surface area contributed by atoms with Crippen molar-refractivity contribution in [2.75, 3.05) is 6.79 Å². The summed E-state index contributed by atoms with van der Waals surface area (Å²) in [6.07, 6.45) is 0. The Hall–Kier alpha value is 0.150. The Morgan fingerprint density at radius 1 is 1.31 bits per heavy atom. The van der Waals surface area contributed by atoms with Gasteiger partial charge in [0.25, 0.3) is 0 Å². The SMILES string of the molecule is C1=I[I-]C1c1ccc2c(c1)OCO2. The molecule has 1 unspecified atom stereocenters. The summed E-state index contributed by atoms with van der Waals surface area (Å²) >= 11 is 1.03. The normalized spacial score (nSPS) is 24.2. The van der Waals surface area contributed by atoms with Crippen LogP contribution in [0.25, 0.3) is 0 Å². The summed E-state index contributed by atoms with van der Waals surface area (Å²) in [5.41, 5.74) is 1.43. The Bertz CT molecular complexity index is 376. The zero-order valence-corrected chi connectivity index (χ0v) is 11.0. The van der Waals surface area contributed by atoms with Crippen LogP contribution in [0.5, 0.6) is 11.5 Å². The van der Waals surface area contributed by atoms with Gasteiger partial charge in [-0.15, -0.1) is 0 Å². The van der Waals surface area contributed by atoms with Crippen molar-refractivity contribution in [1.29, 1.82) is 0 Å². The second kappa shape index (κ2) is 3.38. The molecule has 0 fully saturated rings. The molecule has 4 heteroatoms. The van der Waals surface area contributed by atoms with Crippen LogP contribution in [0.3, 0.4) is 0 Å². The van der Waals surface area contributed by atoms with E-state index in [0.29, 0.717) is 40.8 Å². The van der Waals surface area contributed by atoms with Crippen molar-refractivity contribution >= 4 is 20.8 Å². The number of hydrogen-bond acceptors (Lipinski definition) is 2. The third-order valence-corrected chi connectivity index (χ3v) is 13.3. The van der Waals surface area contributed by atoms with Crippen molar-refractivity contribution in [3.05, 3.63) is 23.8 Å². The van der Waals surface area contributed by atoms with Crippen LogP contribution < -0.4 is 26.7 Å². The number of halogens is 2. The van der Waals surface area contributed by atoms with Crippen LogP contribution in [-0.4, -0.2) is 10.8 Å². The quantitative estimate of drug-likeness (QED) is 0.456. The molecule has 0 N–H and O–H groups in total. The third kappa shape index (κ3) is 1.47. The molecule has 0 radical (unpaired) electrons. The van der Waals surface area contributed by atoms with E-state index in [-0.39, 0.29) is 0 Å². The summed E-state index contributed by atoms with van der Waals surface area (Å²) in [7, 11) is 0. The predicted octanol–water partition coefficient (Wildman–Crippen LogP) is -0.753. The molecule has 1 atom stereocenters. The van der Waals surface area contributed by atoms with Gasteiger partial charge in [0.1, 0.15) is 0 Å². The standard InChI is InChI=1S/C9H7I2O2/c1-2-8-9(13-5-12-8)3-6(1)7-4-10-11-7/h1-4,7H,5H2/q-1. The number of rotatable bonds is 1. The van der Waals surface area contributed by atoms with Crippen molar-refractivity contribution in [2.24, 2.45) is 0 Å². The second-order valence-electron chi connectivity index (χ2n) is 2.81. The Morgan fingerprint density at radius 3 is 2.92 bits per heavy atom. The van der Waals surface area contributed by atoms with Gasteiger partial charge in [-0.25, -0.2) is 0 Å². The molecule has 13 heavy (non-hydrogen) atoms. The van der Waals surface area contributed by atoms with E-state index in [1.54, 1.807) is 0 Å². The van der Waals surface area contributed by atoms with Crippen molar-refractivity contribution in [1.82, 2.24) is 0 Å². The van der Waals surface area contributed by atoms with Gasteiger partial charge in [0.05, 0.1) is 0 Å². The third-order valence-electron chi connectivity index (χ3n) is 2.01. The molecule has 2 heterocycles. The van der Waals surface area contributed by atoms with E-state index in [1.165, 1.54) is 5.56 Å². The molecule has 0 aromatic heterocycles. The summed E-state index contributed by atoms with van der Waals surface area (Å²) < 4.78 is 13.9. The molecule has 0 aliphatic carbocycles. The average Bonchev–Trinajstić information content (AvgIpc) is 2.47. The first kappa shape index (κ1) is 8.46. The Balaban J connectivity index is 2.00. The van der Waals surface area contributed by atoms with Crippen LogP contribution in [0.15, 0.2) is 18.2 Å². The van der Waals surface area contributed by atoms with E-state index in [4.69, 9.17) is 9.47 Å². The number of ether oxygens (including phenoxy) is 2. The molecule has 2 aliphatic rings. The van der Waals surface area contributed by atoms with E-state index >= 15 is 0 Å². The molecule has 0 saturated carbocycles. The molecule has 2 nitrogen and oxygen atoms in total. The molecule has 2 aliphatic heterocycles. The first-order valence-electron chi connectivity index (χ1n) is 3.92. The fourth-order valence-electron chi connectivity index (χ4n) is 1.30. The summed E-state index contributed by atoms with van der Waals surface area (Å²) in [4.78, 5) is 0. The van der Waals surface area contributed by atoms with Gasteiger partial charge < -0.3 is 0 Å². The molecule has 1 aromatic rings. The minimum absolute atomic E-state index is 0.384. The number of hydrogen-bond donors (Lipinski definition) is 0. The molecular formula is C9H7I2O2-. The van der Waals surface area contributed by atoms with Crippen molar-refractivity contribution in [3.8, 4) is 11.5 Å². The van der Waals surface area contributed by atoms with E-state index in [0.717, 1.165) is 15.4 Å². The van der Waals surface area contributed by atoms with Crippen LogP contribution in [0.1, 0.15) is 9.49 Å². The van der Waals surface area contributed by atoms with Gasteiger partial charge in [-0.05, 0) is 0 Å². The fourth-order valence-corrected chi connectivity index (χ4v) is 8.39. The van der Waals surface area contributed by atoms with Crippen LogP contribution in [-0.2, 0) is 0 Å². The van der Waals surface area contributed by atoms with Gasteiger partial charge in [-0.2, -0.15) is 0 Å². The first-order valence-corrected chi connectivity index (χ1v) is 12.7. The number of benzene rings is 1. The van der Waals surface area contributed by atoms with Gasteiger partial charge in [0.15, 0.2) is 0 Å². The van der Waals surface area contributed by atoms with Crippen molar-refractivity contribution in [2.45, 2.75) is 3.92 Å². The number of fused-ring (bicyclic) bond motifs is 1. The molecule has 70 valence electrons. The van der Waals surface area contributed by atoms with Crippen molar-refractivity contribution < 1.29 is 26.7 Å².